The maximum atomic E-state index is 12.7. The van der Waals surface area contributed by atoms with Gasteiger partial charge in [0, 0.05) is 24.2 Å². The standard InChI is InChI=1S/C17H25ClN2O4S/c1-17(2,3)24-16(21)19-15-8-5-9-20(11-15)25(22,23)12-13-6-4-7-14(18)10-13/h4,6-7,10,15H,5,8-9,11-12H2,1-3H3,(H,19,21)/t15-/m1/s1. The minimum Gasteiger partial charge on any atom is -0.444 e. The lowest BCUT2D eigenvalue weighted by Crippen LogP contribution is -2.50. The summed E-state index contributed by atoms with van der Waals surface area (Å²) in [5.41, 5.74) is 0.0617. The van der Waals surface area contributed by atoms with Crippen LogP contribution in [0.4, 0.5) is 4.79 Å². The van der Waals surface area contributed by atoms with E-state index in [0.29, 0.717) is 23.6 Å². The average Bonchev–Trinajstić information content (AvgIpc) is 2.45. The minimum absolute atomic E-state index is 0.104. The summed E-state index contributed by atoms with van der Waals surface area (Å²) < 4.78 is 32.0. The molecule has 1 saturated heterocycles. The van der Waals surface area contributed by atoms with Crippen LogP contribution in [0.3, 0.4) is 0 Å². The number of nitrogens with zero attached hydrogens (tertiary/aromatic N) is 1. The van der Waals surface area contributed by atoms with Gasteiger partial charge in [-0.15, -0.1) is 0 Å². The van der Waals surface area contributed by atoms with Crippen LogP contribution in [0.15, 0.2) is 24.3 Å². The third-order valence-corrected chi connectivity index (χ3v) is 5.79. The second kappa shape index (κ2) is 7.93. The summed E-state index contributed by atoms with van der Waals surface area (Å²) in [7, 11) is -3.47. The number of halogens is 1. The predicted molar refractivity (Wildman–Crippen MR) is 98.0 cm³/mol. The summed E-state index contributed by atoms with van der Waals surface area (Å²) in [6, 6.07) is 6.58. The molecule has 0 bridgehead atoms. The van der Waals surface area contributed by atoms with Gasteiger partial charge in [0.2, 0.25) is 10.0 Å². The molecule has 25 heavy (non-hydrogen) atoms. The Hall–Kier alpha value is -1.31. The number of ether oxygens (including phenoxy) is 1. The molecule has 1 aromatic rings. The SMILES string of the molecule is CC(C)(C)OC(=O)N[C@@H]1CCCN(S(=O)(=O)Cc2cccc(Cl)c2)C1. The van der Waals surface area contributed by atoms with E-state index in [9.17, 15) is 13.2 Å². The smallest absolute Gasteiger partial charge is 0.407 e. The van der Waals surface area contributed by atoms with E-state index in [1.165, 1.54) is 4.31 Å². The molecule has 1 amide bonds. The zero-order valence-electron chi connectivity index (χ0n) is 14.8. The molecule has 140 valence electrons. The third-order valence-electron chi connectivity index (χ3n) is 3.74. The minimum atomic E-state index is -3.47. The molecule has 1 aliphatic rings. The van der Waals surface area contributed by atoms with E-state index in [4.69, 9.17) is 16.3 Å². The number of carbonyl (C=O) groups is 1. The highest BCUT2D eigenvalue weighted by Crippen LogP contribution is 2.20. The van der Waals surface area contributed by atoms with Crippen molar-refractivity contribution >= 4 is 27.7 Å². The topological polar surface area (TPSA) is 75.7 Å². The van der Waals surface area contributed by atoms with Crippen LogP contribution >= 0.6 is 11.6 Å². The van der Waals surface area contributed by atoms with Crippen molar-refractivity contribution in [2.45, 2.75) is 51.0 Å². The first kappa shape index (κ1) is 20.0. The first-order valence-corrected chi connectivity index (χ1v) is 10.3. The number of hydrogen-bond acceptors (Lipinski definition) is 4. The zero-order valence-corrected chi connectivity index (χ0v) is 16.4. The maximum Gasteiger partial charge on any atom is 0.407 e. The molecular formula is C17H25ClN2O4S. The van der Waals surface area contributed by atoms with Crippen LogP contribution in [0.25, 0.3) is 0 Å². The van der Waals surface area contributed by atoms with Gasteiger partial charge in [0.25, 0.3) is 0 Å². The molecule has 1 aromatic carbocycles. The van der Waals surface area contributed by atoms with Gasteiger partial charge >= 0.3 is 6.09 Å². The fourth-order valence-corrected chi connectivity index (χ4v) is 4.53. The molecule has 8 heteroatoms. The van der Waals surface area contributed by atoms with Crippen LogP contribution in [-0.4, -0.2) is 43.5 Å². The number of nitrogens with one attached hydrogen (secondary N) is 1. The highest BCUT2D eigenvalue weighted by Gasteiger charge is 2.30. The number of benzene rings is 1. The van der Waals surface area contributed by atoms with Crippen LogP contribution in [0.5, 0.6) is 0 Å². The Morgan fingerprint density at radius 1 is 1.40 bits per heavy atom. The normalized spacial score (nSPS) is 19.4. The van der Waals surface area contributed by atoms with Crippen LogP contribution in [0.2, 0.25) is 5.02 Å². The Labute approximate surface area is 154 Å². The van der Waals surface area contributed by atoms with Crippen molar-refractivity contribution in [1.82, 2.24) is 9.62 Å². The van der Waals surface area contributed by atoms with E-state index in [1.54, 1.807) is 45.0 Å². The van der Waals surface area contributed by atoms with Crippen molar-refractivity contribution < 1.29 is 17.9 Å². The first-order chi connectivity index (χ1) is 11.5. The summed E-state index contributed by atoms with van der Waals surface area (Å²) in [6.45, 7) is 6.07. The van der Waals surface area contributed by atoms with E-state index in [2.05, 4.69) is 5.32 Å². The van der Waals surface area contributed by atoms with Gasteiger partial charge in [0.15, 0.2) is 0 Å². The molecule has 0 saturated carbocycles. The van der Waals surface area contributed by atoms with Crippen LogP contribution in [-0.2, 0) is 20.5 Å². The molecule has 1 N–H and O–H groups in total. The third kappa shape index (κ3) is 6.49. The summed E-state index contributed by atoms with van der Waals surface area (Å²) in [6.07, 6.45) is 0.893. The Bertz CT molecular complexity index is 716. The van der Waals surface area contributed by atoms with Gasteiger partial charge in [-0.1, -0.05) is 23.7 Å². The zero-order chi connectivity index (χ0) is 18.7. The summed E-state index contributed by atoms with van der Waals surface area (Å²) >= 11 is 5.92. The number of amides is 1. The molecule has 0 unspecified atom stereocenters. The van der Waals surface area contributed by atoms with Crippen LogP contribution in [0, 0.1) is 0 Å². The highest BCUT2D eigenvalue weighted by atomic mass is 35.5. The number of sulfonamides is 1. The Morgan fingerprint density at radius 3 is 2.76 bits per heavy atom. The molecule has 1 atom stereocenters. The Morgan fingerprint density at radius 2 is 2.12 bits per heavy atom. The van der Waals surface area contributed by atoms with E-state index in [0.717, 1.165) is 6.42 Å². The number of alkyl carbamates (subject to hydrolysis) is 1. The molecule has 6 nitrogen and oxygen atoms in total. The van der Waals surface area contributed by atoms with E-state index in [-0.39, 0.29) is 18.3 Å². The highest BCUT2D eigenvalue weighted by molar-refractivity contribution is 7.88. The fourth-order valence-electron chi connectivity index (χ4n) is 2.72. The van der Waals surface area contributed by atoms with Crippen LogP contribution in [0.1, 0.15) is 39.2 Å². The van der Waals surface area contributed by atoms with Gasteiger partial charge in [-0.3, -0.25) is 0 Å². The fraction of sp³-hybridized carbons (Fsp3) is 0.588. The lowest BCUT2D eigenvalue weighted by atomic mass is 10.1. The molecular weight excluding hydrogens is 364 g/mol. The van der Waals surface area contributed by atoms with Gasteiger partial charge in [0.1, 0.15) is 5.60 Å². The largest absolute Gasteiger partial charge is 0.444 e. The number of rotatable bonds is 4. The Balaban J connectivity index is 1.98. The van der Waals surface area contributed by atoms with Crippen molar-refractivity contribution in [3.05, 3.63) is 34.9 Å². The second-order valence-corrected chi connectivity index (χ2v) is 9.63. The lowest BCUT2D eigenvalue weighted by Gasteiger charge is -2.32. The molecule has 0 radical (unpaired) electrons. The molecule has 2 rings (SSSR count). The first-order valence-electron chi connectivity index (χ1n) is 8.27. The van der Waals surface area contributed by atoms with E-state index >= 15 is 0 Å². The van der Waals surface area contributed by atoms with Gasteiger partial charge in [-0.05, 0) is 51.3 Å². The lowest BCUT2D eigenvalue weighted by molar-refractivity contribution is 0.0487. The van der Waals surface area contributed by atoms with Gasteiger partial charge in [-0.2, -0.15) is 4.31 Å². The molecule has 0 aliphatic carbocycles. The summed E-state index contributed by atoms with van der Waals surface area (Å²) in [5, 5.41) is 3.27. The Kier molecular flexibility index (Phi) is 6.35. The van der Waals surface area contributed by atoms with Crippen LogP contribution < -0.4 is 5.32 Å². The maximum absolute atomic E-state index is 12.7. The van der Waals surface area contributed by atoms with Crippen molar-refractivity contribution in [1.29, 1.82) is 0 Å². The van der Waals surface area contributed by atoms with Gasteiger partial charge in [-0.25, -0.2) is 13.2 Å². The van der Waals surface area contributed by atoms with E-state index < -0.39 is 21.7 Å². The molecule has 0 aromatic heterocycles. The van der Waals surface area contributed by atoms with Gasteiger partial charge in [0.05, 0.1) is 5.75 Å². The number of piperidine rings is 1. The summed E-state index contributed by atoms with van der Waals surface area (Å²) in [5.74, 6) is -0.104. The molecule has 1 heterocycles. The van der Waals surface area contributed by atoms with Crippen molar-refractivity contribution in [2.24, 2.45) is 0 Å². The predicted octanol–water partition coefficient (Wildman–Crippen LogP) is 3.16. The quantitative estimate of drug-likeness (QED) is 0.859. The second-order valence-electron chi connectivity index (χ2n) is 7.23. The van der Waals surface area contributed by atoms with Crippen molar-refractivity contribution in [2.75, 3.05) is 13.1 Å². The molecule has 0 spiro atoms. The summed E-state index contributed by atoms with van der Waals surface area (Å²) in [4.78, 5) is 11.9. The van der Waals surface area contributed by atoms with E-state index in [1.807, 2.05) is 0 Å². The van der Waals surface area contributed by atoms with Crippen molar-refractivity contribution in [3.63, 3.8) is 0 Å². The van der Waals surface area contributed by atoms with Crippen molar-refractivity contribution in [3.8, 4) is 0 Å². The molecule has 1 fully saturated rings. The average molecular weight is 389 g/mol. The monoisotopic (exact) mass is 388 g/mol. The molecule has 1 aliphatic heterocycles. The number of hydrogen-bond donors (Lipinski definition) is 1. The number of carbonyl (C=O) groups excluding carboxylic acids is 1. The van der Waals surface area contributed by atoms with Gasteiger partial charge < -0.3 is 10.1 Å².